The van der Waals surface area contributed by atoms with Crippen molar-refractivity contribution in [3.8, 4) is 0 Å². The van der Waals surface area contributed by atoms with Crippen molar-refractivity contribution < 1.29 is 4.39 Å². The zero-order chi connectivity index (χ0) is 13.3. The fourth-order valence-electron chi connectivity index (χ4n) is 1.36. The van der Waals surface area contributed by atoms with Crippen LogP contribution in [-0.2, 0) is 0 Å². The average Bonchev–Trinajstić information content (AvgIpc) is 2.29. The lowest BCUT2D eigenvalue weighted by atomic mass is 10.3. The summed E-state index contributed by atoms with van der Waals surface area (Å²) in [4.78, 5) is 7.93. The minimum absolute atomic E-state index is 0.0995. The molecule has 0 aliphatic rings. The van der Waals surface area contributed by atoms with Crippen molar-refractivity contribution in [1.29, 1.82) is 0 Å². The highest BCUT2D eigenvalue weighted by Gasteiger charge is 2.09. The molecule has 0 spiro atoms. The Balaban J connectivity index is 2.40. The summed E-state index contributed by atoms with van der Waals surface area (Å²) in [6.07, 6.45) is 0. The molecule has 0 fully saturated rings. The van der Waals surface area contributed by atoms with Crippen LogP contribution >= 0.6 is 27.5 Å². The van der Waals surface area contributed by atoms with Crippen LogP contribution in [0, 0.1) is 12.7 Å². The predicted octanol–water partition coefficient (Wildman–Crippen LogP) is 3.67. The van der Waals surface area contributed by atoms with Gasteiger partial charge in [-0.05, 0) is 52.7 Å². The number of halogens is 3. The highest BCUT2D eigenvalue weighted by molar-refractivity contribution is 9.10. The first kappa shape index (κ1) is 13.0. The van der Waals surface area contributed by atoms with Crippen LogP contribution in [0.15, 0.2) is 22.7 Å². The fourth-order valence-corrected chi connectivity index (χ4v) is 2.02. The van der Waals surface area contributed by atoms with Gasteiger partial charge < -0.3 is 11.1 Å². The normalized spacial score (nSPS) is 10.4. The van der Waals surface area contributed by atoms with E-state index in [4.69, 9.17) is 17.3 Å². The molecule has 1 heterocycles. The van der Waals surface area contributed by atoms with Crippen LogP contribution < -0.4 is 11.1 Å². The Kier molecular flexibility index (Phi) is 3.68. The summed E-state index contributed by atoms with van der Waals surface area (Å²) in [5, 5.41) is 3.07. The van der Waals surface area contributed by atoms with Gasteiger partial charge >= 0.3 is 0 Å². The van der Waals surface area contributed by atoms with Gasteiger partial charge in [0.05, 0.1) is 17.1 Å². The van der Waals surface area contributed by atoms with Crippen LogP contribution in [0.4, 0.5) is 21.6 Å². The van der Waals surface area contributed by atoms with Crippen molar-refractivity contribution in [2.75, 3.05) is 11.1 Å². The van der Waals surface area contributed by atoms with E-state index in [0.29, 0.717) is 27.4 Å². The van der Waals surface area contributed by atoms with E-state index in [-0.39, 0.29) is 11.1 Å². The van der Waals surface area contributed by atoms with Crippen LogP contribution in [0.3, 0.4) is 0 Å². The lowest BCUT2D eigenvalue weighted by Crippen LogP contribution is -2.04. The molecular formula is C11H9BrClFN4. The SMILES string of the molecule is Cc1nc(Cl)nc(Nc2ccc(F)cc2Br)c1N. The molecule has 18 heavy (non-hydrogen) atoms. The molecule has 0 atom stereocenters. The van der Waals surface area contributed by atoms with E-state index in [1.54, 1.807) is 13.0 Å². The standard InChI is InChI=1S/C11H9BrClFN4/c1-5-9(15)10(18-11(13)16-5)17-8-3-2-6(14)4-7(8)12/h2-4H,15H2,1H3,(H,16,17,18). The monoisotopic (exact) mass is 330 g/mol. The number of nitrogen functional groups attached to an aromatic ring is 1. The number of nitrogens with two attached hydrogens (primary N) is 1. The zero-order valence-electron chi connectivity index (χ0n) is 9.34. The van der Waals surface area contributed by atoms with Gasteiger partial charge in [-0.2, -0.15) is 4.98 Å². The van der Waals surface area contributed by atoms with Gasteiger partial charge in [0.2, 0.25) is 5.28 Å². The molecule has 0 aliphatic heterocycles. The van der Waals surface area contributed by atoms with Gasteiger partial charge in [-0.25, -0.2) is 9.37 Å². The minimum atomic E-state index is -0.336. The van der Waals surface area contributed by atoms with Gasteiger partial charge in [0, 0.05) is 4.47 Å². The highest BCUT2D eigenvalue weighted by atomic mass is 79.9. The molecule has 1 aromatic heterocycles. The molecule has 0 saturated heterocycles. The Labute approximate surface area is 117 Å². The van der Waals surface area contributed by atoms with E-state index in [1.165, 1.54) is 12.1 Å². The molecule has 0 amide bonds. The second kappa shape index (κ2) is 5.07. The summed E-state index contributed by atoms with van der Waals surface area (Å²) in [5.41, 5.74) is 7.46. The first-order valence-corrected chi connectivity index (χ1v) is 6.16. The molecule has 94 valence electrons. The molecule has 2 rings (SSSR count). The molecule has 0 unspecified atom stereocenters. The number of anilines is 3. The third kappa shape index (κ3) is 2.70. The Hall–Kier alpha value is -1.40. The largest absolute Gasteiger partial charge is 0.394 e. The summed E-state index contributed by atoms with van der Waals surface area (Å²) in [6.45, 7) is 1.73. The molecule has 0 aliphatic carbocycles. The molecule has 7 heteroatoms. The zero-order valence-corrected chi connectivity index (χ0v) is 11.7. The lowest BCUT2D eigenvalue weighted by molar-refractivity contribution is 0.627. The van der Waals surface area contributed by atoms with Crippen LogP contribution in [0.2, 0.25) is 5.28 Å². The second-order valence-corrected chi connectivity index (χ2v) is 4.78. The molecule has 3 N–H and O–H groups in total. The van der Waals surface area contributed by atoms with E-state index in [1.807, 2.05) is 0 Å². The third-order valence-corrected chi connectivity index (χ3v) is 3.12. The molecule has 1 aromatic carbocycles. The average molecular weight is 332 g/mol. The maximum Gasteiger partial charge on any atom is 0.224 e. The first-order valence-electron chi connectivity index (χ1n) is 4.99. The summed E-state index contributed by atoms with van der Waals surface area (Å²) in [6, 6.07) is 4.25. The van der Waals surface area contributed by atoms with Gasteiger partial charge in [-0.15, -0.1) is 0 Å². The number of benzene rings is 1. The van der Waals surface area contributed by atoms with Gasteiger partial charge in [-0.3, -0.25) is 0 Å². The molecular weight excluding hydrogens is 323 g/mol. The van der Waals surface area contributed by atoms with Crippen LogP contribution in [0.5, 0.6) is 0 Å². The number of nitrogens with one attached hydrogen (secondary N) is 1. The summed E-state index contributed by atoms with van der Waals surface area (Å²) < 4.78 is 13.5. The molecule has 0 bridgehead atoms. The summed E-state index contributed by atoms with van der Waals surface area (Å²) in [7, 11) is 0. The van der Waals surface area contributed by atoms with Crippen LogP contribution in [0.1, 0.15) is 5.69 Å². The van der Waals surface area contributed by atoms with E-state index in [9.17, 15) is 4.39 Å². The predicted molar refractivity (Wildman–Crippen MR) is 73.6 cm³/mol. The maximum absolute atomic E-state index is 13.0. The molecule has 4 nitrogen and oxygen atoms in total. The van der Waals surface area contributed by atoms with E-state index in [2.05, 4.69) is 31.2 Å². The maximum atomic E-state index is 13.0. The van der Waals surface area contributed by atoms with Gasteiger partial charge in [0.1, 0.15) is 5.82 Å². The fraction of sp³-hybridized carbons (Fsp3) is 0.0909. The number of hydrogen-bond acceptors (Lipinski definition) is 4. The topological polar surface area (TPSA) is 63.8 Å². The third-order valence-electron chi connectivity index (χ3n) is 2.29. The van der Waals surface area contributed by atoms with Crippen molar-refractivity contribution in [1.82, 2.24) is 9.97 Å². The van der Waals surface area contributed by atoms with Gasteiger partial charge in [-0.1, -0.05) is 0 Å². The van der Waals surface area contributed by atoms with E-state index < -0.39 is 0 Å². The Morgan fingerprint density at radius 2 is 2.11 bits per heavy atom. The molecule has 0 radical (unpaired) electrons. The highest BCUT2D eigenvalue weighted by Crippen LogP contribution is 2.29. The Bertz CT molecular complexity index is 606. The van der Waals surface area contributed by atoms with Crippen molar-refractivity contribution >= 4 is 44.7 Å². The van der Waals surface area contributed by atoms with E-state index in [0.717, 1.165) is 0 Å². The Morgan fingerprint density at radius 3 is 2.78 bits per heavy atom. The van der Waals surface area contributed by atoms with Gasteiger partial charge in [0.15, 0.2) is 5.82 Å². The smallest absolute Gasteiger partial charge is 0.224 e. The number of nitrogens with zero attached hydrogens (tertiary/aromatic N) is 2. The lowest BCUT2D eigenvalue weighted by Gasteiger charge is -2.11. The van der Waals surface area contributed by atoms with Crippen LogP contribution in [-0.4, -0.2) is 9.97 Å². The summed E-state index contributed by atoms with van der Waals surface area (Å²) >= 11 is 9.01. The first-order chi connectivity index (χ1) is 8.47. The number of hydrogen-bond donors (Lipinski definition) is 2. The number of aromatic nitrogens is 2. The molecule has 0 saturated carbocycles. The van der Waals surface area contributed by atoms with Gasteiger partial charge in [0.25, 0.3) is 0 Å². The summed E-state index contributed by atoms with van der Waals surface area (Å²) in [5.74, 6) is 0.0529. The quantitative estimate of drug-likeness (QED) is 0.824. The second-order valence-electron chi connectivity index (χ2n) is 3.59. The van der Waals surface area contributed by atoms with Crippen molar-refractivity contribution in [3.63, 3.8) is 0 Å². The minimum Gasteiger partial charge on any atom is -0.394 e. The van der Waals surface area contributed by atoms with E-state index >= 15 is 0 Å². The Morgan fingerprint density at radius 1 is 1.39 bits per heavy atom. The number of aryl methyl sites for hydroxylation is 1. The van der Waals surface area contributed by atoms with Crippen molar-refractivity contribution in [3.05, 3.63) is 39.5 Å². The number of rotatable bonds is 2. The molecule has 2 aromatic rings. The van der Waals surface area contributed by atoms with Crippen LogP contribution in [0.25, 0.3) is 0 Å². The van der Waals surface area contributed by atoms with Crippen molar-refractivity contribution in [2.45, 2.75) is 6.92 Å². The van der Waals surface area contributed by atoms with Crippen molar-refractivity contribution in [2.24, 2.45) is 0 Å².